The molecule has 0 aromatic carbocycles. The summed E-state index contributed by atoms with van der Waals surface area (Å²) < 4.78 is 10.7. The molecule has 0 spiro atoms. The third-order valence-corrected chi connectivity index (χ3v) is 6.84. The number of imidazole rings is 2. The highest BCUT2D eigenvalue weighted by molar-refractivity contribution is 6.30. The van der Waals surface area contributed by atoms with E-state index in [-0.39, 0.29) is 24.8 Å². The Bertz CT molecular complexity index is 1660. The Labute approximate surface area is 223 Å². The first-order valence-corrected chi connectivity index (χ1v) is 12.9. The number of hydrogen-bond donors (Lipinski definition) is 1. The smallest absolute Gasteiger partial charge is 0.310 e. The Balaban J connectivity index is 1.16. The lowest BCUT2D eigenvalue weighted by Gasteiger charge is -2.07. The van der Waals surface area contributed by atoms with Crippen molar-refractivity contribution in [3.8, 4) is 0 Å². The van der Waals surface area contributed by atoms with Crippen molar-refractivity contribution in [1.29, 1.82) is 0 Å². The predicted octanol–water partition coefficient (Wildman–Crippen LogP) is 3.79. The molecule has 1 saturated carbocycles. The Kier molecular flexibility index (Phi) is 6.32. The molecule has 0 saturated heterocycles. The molecule has 5 aromatic heterocycles. The molecule has 1 N–H and O–H groups in total. The third kappa shape index (κ3) is 4.99. The van der Waals surface area contributed by atoms with Crippen LogP contribution in [0, 0.1) is 0 Å². The maximum Gasteiger partial charge on any atom is 0.310 e. The second kappa shape index (κ2) is 9.94. The highest BCUT2D eigenvalue weighted by Gasteiger charge is 2.25. The molecule has 6 rings (SSSR count). The van der Waals surface area contributed by atoms with Crippen LogP contribution in [0.15, 0.2) is 55.5 Å². The first kappa shape index (κ1) is 24.2. The molecule has 1 aliphatic rings. The predicted molar refractivity (Wildman–Crippen MR) is 140 cm³/mol. The van der Waals surface area contributed by atoms with Gasteiger partial charge >= 0.3 is 5.97 Å². The van der Waals surface area contributed by atoms with Crippen molar-refractivity contribution < 1.29 is 14.3 Å². The number of rotatable bonds is 9. The van der Waals surface area contributed by atoms with E-state index in [1.165, 1.54) is 11.8 Å². The average Bonchev–Trinajstić information content (AvgIpc) is 3.30. The topological polar surface area (TPSA) is 108 Å². The summed E-state index contributed by atoms with van der Waals surface area (Å²) >= 11 is 6.10. The molecule has 0 aliphatic heterocycles. The van der Waals surface area contributed by atoms with Gasteiger partial charge in [-0.05, 0) is 49.4 Å². The number of carbonyl (C=O) groups excluding carboxylic acids is 2. The maximum absolute atomic E-state index is 12.8. The standard InChI is InChI=1S/C27H26ClN7O3/c1-2-38-25(36)8-18-7-19(17-3-4-17)12-34-14-22(32-26(18)34)15-35-13-20(10-31-35)27(37)29-11-23-24-9-21(28)5-6-33(24)16-30-23/h5-7,9-10,12-14,16-17H,2-4,8,11,15H2,1H3,(H,29,37). The van der Waals surface area contributed by atoms with Crippen LogP contribution in [0.25, 0.3) is 11.2 Å². The van der Waals surface area contributed by atoms with E-state index in [1.807, 2.05) is 27.3 Å². The van der Waals surface area contributed by atoms with E-state index in [4.69, 9.17) is 21.3 Å². The SMILES string of the molecule is CCOC(=O)Cc1cc(C2CC2)cn2cc(Cn3cc(C(=O)NCc4ncn5ccc(Cl)cc45)cn3)nc12. The van der Waals surface area contributed by atoms with Crippen LogP contribution in [0.2, 0.25) is 5.02 Å². The molecule has 38 heavy (non-hydrogen) atoms. The monoisotopic (exact) mass is 531 g/mol. The summed E-state index contributed by atoms with van der Waals surface area (Å²) in [5.74, 6) is 0.0250. The first-order valence-electron chi connectivity index (χ1n) is 12.5. The number of fused-ring (bicyclic) bond motifs is 2. The number of ether oxygens (including phenoxy) is 1. The minimum atomic E-state index is -0.263. The van der Waals surface area contributed by atoms with Gasteiger partial charge in [0.15, 0.2) is 0 Å². The van der Waals surface area contributed by atoms with Gasteiger partial charge in [-0.3, -0.25) is 14.3 Å². The number of aromatic nitrogens is 6. The lowest BCUT2D eigenvalue weighted by atomic mass is 10.1. The van der Waals surface area contributed by atoms with Crippen LogP contribution in [0.1, 0.15) is 58.6 Å². The van der Waals surface area contributed by atoms with Gasteiger partial charge in [0.25, 0.3) is 5.91 Å². The lowest BCUT2D eigenvalue weighted by Crippen LogP contribution is -2.22. The fourth-order valence-corrected chi connectivity index (χ4v) is 4.77. The summed E-state index contributed by atoms with van der Waals surface area (Å²) in [5.41, 5.74) is 5.58. The third-order valence-electron chi connectivity index (χ3n) is 6.60. The van der Waals surface area contributed by atoms with Crippen molar-refractivity contribution in [1.82, 2.24) is 33.9 Å². The molecule has 0 atom stereocenters. The zero-order valence-corrected chi connectivity index (χ0v) is 21.6. The Hall–Kier alpha value is -4.18. The largest absolute Gasteiger partial charge is 0.466 e. The molecular weight excluding hydrogens is 506 g/mol. The summed E-state index contributed by atoms with van der Waals surface area (Å²) in [5, 5.41) is 7.86. The second-order valence-electron chi connectivity index (χ2n) is 9.46. The van der Waals surface area contributed by atoms with Gasteiger partial charge in [-0.2, -0.15) is 5.10 Å². The van der Waals surface area contributed by atoms with Crippen molar-refractivity contribution in [2.24, 2.45) is 0 Å². The summed E-state index contributed by atoms with van der Waals surface area (Å²) in [4.78, 5) is 34.1. The van der Waals surface area contributed by atoms with Gasteiger partial charge in [0.2, 0.25) is 0 Å². The van der Waals surface area contributed by atoms with Crippen LogP contribution < -0.4 is 5.32 Å². The van der Waals surface area contributed by atoms with Crippen LogP contribution >= 0.6 is 11.6 Å². The molecule has 0 radical (unpaired) electrons. The fraction of sp³-hybridized carbons (Fsp3) is 0.296. The highest BCUT2D eigenvalue weighted by atomic mass is 35.5. The normalized spacial score (nSPS) is 13.3. The number of halogens is 1. The minimum Gasteiger partial charge on any atom is -0.466 e. The van der Waals surface area contributed by atoms with E-state index in [9.17, 15) is 9.59 Å². The fourth-order valence-electron chi connectivity index (χ4n) is 4.61. The number of amides is 1. The van der Waals surface area contributed by atoms with E-state index in [2.05, 4.69) is 27.7 Å². The molecule has 10 nitrogen and oxygen atoms in total. The Morgan fingerprint density at radius 2 is 2.05 bits per heavy atom. The maximum atomic E-state index is 12.8. The van der Waals surface area contributed by atoms with Gasteiger partial charge in [-0.15, -0.1) is 0 Å². The Morgan fingerprint density at radius 1 is 1.18 bits per heavy atom. The van der Waals surface area contributed by atoms with Gasteiger partial charge in [-0.25, -0.2) is 9.97 Å². The quantitative estimate of drug-likeness (QED) is 0.290. The number of nitrogens with zero attached hydrogens (tertiary/aromatic N) is 6. The zero-order valence-electron chi connectivity index (χ0n) is 20.8. The van der Waals surface area contributed by atoms with Gasteiger partial charge in [0.1, 0.15) is 5.65 Å². The number of carbonyl (C=O) groups is 2. The van der Waals surface area contributed by atoms with Gasteiger partial charge < -0.3 is 18.9 Å². The van der Waals surface area contributed by atoms with E-state index in [0.717, 1.165) is 41.0 Å². The number of esters is 1. The van der Waals surface area contributed by atoms with Gasteiger partial charge in [0.05, 0.1) is 61.1 Å². The van der Waals surface area contributed by atoms with E-state index in [1.54, 1.807) is 30.2 Å². The minimum absolute atomic E-state index is 0.179. The van der Waals surface area contributed by atoms with Crippen LogP contribution in [-0.2, 0) is 29.0 Å². The van der Waals surface area contributed by atoms with Gasteiger partial charge in [-0.1, -0.05) is 11.6 Å². The summed E-state index contributed by atoms with van der Waals surface area (Å²) in [6.07, 6.45) is 13.3. The van der Waals surface area contributed by atoms with Crippen molar-refractivity contribution in [3.05, 3.63) is 88.6 Å². The number of pyridine rings is 2. The first-order chi connectivity index (χ1) is 18.5. The van der Waals surface area contributed by atoms with Crippen molar-refractivity contribution >= 4 is 34.6 Å². The molecule has 1 aliphatic carbocycles. The second-order valence-corrected chi connectivity index (χ2v) is 9.89. The number of nitrogens with one attached hydrogen (secondary N) is 1. The summed E-state index contributed by atoms with van der Waals surface area (Å²) in [7, 11) is 0. The average molecular weight is 532 g/mol. The highest BCUT2D eigenvalue weighted by Crippen LogP contribution is 2.40. The number of hydrogen-bond acceptors (Lipinski definition) is 6. The molecule has 5 aromatic rings. The van der Waals surface area contributed by atoms with Crippen LogP contribution in [0.4, 0.5) is 0 Å². The molecule has 1 amide bonds. The van der Waals surface area contributed by atoms with Crippen LogP contribution in [0.3, 0.4) is 0 Å². The van der Waals surface area contributed by atoms with E-state index in [0.29, 0.717) is 29.7 Å². The van der Waals surface area contributed by atoms with Crippen LogP contribution in [0.5, 0.6) is 0 Å². The molecule has 0 bridgehead atoms. The van der Waals surface area contributed by atoms with Crippen LogP contribution in [-0.4, -0.2) is 47.0 Å². The molecule has 1 fully saturated rings. The van der Waals surface area contributed by atoms with Crippen molar-refractivity contribution in [2.45, 2.75) is 45.2 Å². The molecule has 5 heterocycles. The lowest BCUT2D eigenvalue weighted by molar-refractivity contribution is -0.142. The molecule has 194 valence electrons. The van der Waals surface area contributed by atoms with Gasteiger partial charge in [0, 0.05) is 35.4 Å². The summed E-state index contributed by atoms with van der Waals surface area (Å²) in [6.45, 7) is 2.80. The molecular formula is C27H26ClN7O3. The van der Waals surface area contributed by atoms with E-state index >= 15 is 0 Å². The zero-order chi connectivity index (χ0) is 26.2. The van der Waals surface area contributed by atoms with E-state index < -0.39 is 0 Å². The summed E-state index contributed by atoms with van der Waals surface area (Å²) in [6, 6.07) is 5.67. The van der Waals surface area contributed by atoms with Crippen molar-refractivity contribution in [3.63, 3.8) is 0 Å². The Morgan fingerprint density at radius 3 is 2.87 bits per heavy atom. The molecule has 11 heteroatoms. The van der Waals surface area contributed by atoms with Crippen molar-refractivity contribution in [2.75, 3.05) is 6.61 Å². The molecule has 0 unspecified atom stereocenters.